The first-order valence-corrected chi connectivity index (χ1v) is 6.80. The zero-order valence-electron chi connectivity index (χ0n) is 10.3. The zero-order chi connectivity index (χ0) is 11.5. The van der Waals surface area contributed by atoms with Crippen LogP contribution >= 0.6 is 0 Å². The quantitative estimate of drug-likeness (QED) is 0.776. The number of likely N-dealkylation sites (tertiary alicyclic amines) is 1. The summed E-state index contributed by atoms with van der Waals surface area (Å²) in [6.07, 6.45) is 4.38. The van der Waals surface area contributed by atoms with Crippen molar-refractivity contribution in [2.24, 2.45) is 5.92 Å². The normalized spacial score (nSPS) is 29.9. The fourth-order valence-corrected chi connectivity index (χ4v) is 3.15. The van der Waals surface area contributed by atoms with Crippen molar-refractivity contribution in [3.8, 4) is 0 Å². The third-order valence-corrected chi connectivity index (χ3v) is 4.05. The Hall–Kier alpha value is -0.860. The van der Waals surface area contributed by atoms with Gasteiger partial charge in [-0.25, -0.2) is 0 Å². The SMILES string of the molecule is c1ccc(CN2CCC3OCCCC3C2)cc1. The number of rotatable bonds is 2. The van der Waals surface area contributed by atoms with Gasteiger partial charge in [-0.3, -0.25) is 4.90 Å². The maximum Gasteiger partial charge on any atom is 0.0627 e. The standard InChI is InChI=1S/C15H21NO/c1-2-5-13(6-3-1)11-16-9-8-15-14(12-16)7-4-10-17-15/h1-3,5-6,14-15H,4,7-12H2. The van der Waals surface area contributed by atoms with Crippen molar-refractivity contribution in [1.82, 2.24) is 4.90 Å². The maximum absolute atomic E-state index is 5.85. The molecule has 2 heterocycles. The topological polar surface area (TPSA) is 12.5 Å². The summed E-state index contributed by atoms with van der Waals surface area (Å²) in [6, 6.07) is 10.8. The molecule has 0 saturated carbocycles. The van der Waals surface area contributed by atoms with Crippen LogP contribution in [-0.4, -0.2) is 30.7 Å². The molecule has 0 radical (unpaired) electrons. The summed E-state index contributed by atoms with van der Waals surface area (Å²) in [7, 11) is 0. The lowest BCUT2D eigenvalue weighted by atomic mass is 9.88. The van der Waals surface area contributed by atoms with E-state index in [0.717, 1.165) is 19.1 Å². The van der Waals surface area contributed by atoms with Gasteiger partial charge in [0.1, 0.15) is 0 Å². The van der Waals surface area contributed by atoms with Crippen LogP contribution in [0.3, 0.4) is 0 Å². The van der Waals surface area contributed by atoms with Gasteiger partial charge in [-0.1, -0.05) is 30.3 Å². The number of benzene rings is 1. The minimum atomic E-state index is 0.552. The van der Waals surface area contributed by atoms with E-state index in [1.807, 2.05) is 0 Å². The molecule has 3 rings (SSSR count). The van der Waals surface area contributed by atoms with Crippen LogP contribution in [0.4, 0.5) is 0 Å². The number of fused-ring (bicyclic) bond motifs is 1. The molecule has 0 aromatic heterocycles. The highest BCUT2D eigenvalue weighted by molar-refractivity contribution is 5.14. The van der Waals surface area contributed by atoms with Gasteiger partial charge in [0, 0.05) is 26.2 Å². The molecule has 92 valence electrons. The van der Waals surface area contributed by atoms with E-state index in [2.05, 4.69) is 35.2 Å². The summed E-state index contributed by atoms with van der Waals surface area (Å²) in [5, 5.41) is 0. The van der Waals surface area contributed by atoms with Crippen molar-refractivity contribution in [2.75, 3.05) is 19.7 Å². The zero-order valence-corrected chi connectivity index (χ0v) is 10.3. The first-order valence-electron chi connectivity index (χ1n) is 6.80. The number of piperidine rings is 1. The van der Waals surface area contributed by atoms with Crippen molar-refractivity contribution >= 4 is 0 Å². The van der Waals surface area contributed by atoms with Crippen LogP contribution in [0.5, 0.6) is 0 Å². The Kier molecular flexibility index (Phi) is 3.44. The van der Waals surface area contributed by atoms with E-state index in [-0.39, 0.29) is 0 Å². The van der Waals surface area contributed by atoms with Gasteiger partial charge in [0.15, 0.2) is 0 Å². The summed E-state index contributed by atoms with van der Waals surface area (Å²) in [6.45, 7) is 4.50. The van der Waals surface area contributed by atoms with Crippen LogP contribution in [0, 0.1) is 5.92 Å². The lowest BCUT2D eigenvalue weighted by Gasteiger charge is -2.41. The molecule has 2 unspecified atom stereocenters. The first-order chi connectivity index (χ1) is 8.42. The van der Waals surface area contributed by atoms with Crippen LogP contribution in [0.25, 0.3) is 0 Å². The lowest BCUT2D eigenvalue weighted by molar-refractivity contribution is -0.0676. The first kappa shape index (κ1) is 11.2. The minimum Gasteiger partial charge on any atom is -0.378 e. The lowest BCUT2D eigenvalue weighted by Crippen LogP contribution is -2.45. The van der Waals surface area contributed by atoms with Gasteiger partial charge in [-0.05, 0) is 30.7 Å². The molecule has 2 heteroatoms. The molecular formula is C15H21NO. The molecule has 0 N–H and O–H groups in total. The van der Waals surface area contributed by atoms with Crippen molar-refractivity contribution in [3.05, 3.63) is 35.9 Å². The third kappa shape index (κ3) is 2.70. The second-order valence-electron chi connectivity index (χ2n) is 5.32. The summed E-state index contributed by atoms with van der Waals surface area (Å²) < 4.78 is 5.85. The maximum atomic E-state index is 5.85. The number of hydrogen-bond acceptors (Lipinski definition) is 2. The van der Waals surface area contributed by atoms with E-state index in [1.54, 1.807) is 0 Å². The van der Waals surface area contributed by atoms with Gasteiger partial charge >= 0.3 is 0 Å². The fraction of sp³-hybridized carbons (Fsp3) is 0.600. The van der Waals surface area contributed by atoms with Gasteiger partial charge in [-0.15, -0.1) is 0 Å². The summed E-state index contributed by atoms with van der Waals surface area (Å²) in [5.41, 5.74) is 1.43. The Morgan fingerprint density at radius 1 is 1.18 bits per heavy atom. The molecule has 0 bridgehead atoms. The number of hydrogen-bond donors (Lipinski definition) is 0. The number of ether oxygens (including phenoxy) is 1. The molecule has 2 aliphatic rings. The molecule has 0 spiro atoms. The van der Waals surface area contributed by atoms with Crippen molar-refractivity contribution in [2.45, 2.75) is 31.9 Å². The highest BCUT2D eigenvalue weighted by Crippen LogP contribution is 2.28. The summed E-state index contributed by atoms with van der Waals surface area (Å²) in [4.78, 5) is 2.59. The van der Waals surface area contributed by atoms with Crippen molar-refractivity contribution in [1.29, 1.82) is 0 Å². The molecule has 2 nitrogen and oxygen atoms in total. The molecule has 17 heavy (non-hydrogen) atoms. The summed E-state index contributed by atoms with van der Waals surface area (Å²) in [5.74, 6) is 0.779. The molecule has 0 aliphatic carbocycles. The van der Waals surface area contributed by atoms with Crippen LogP contribution in [0.15, 0.2) is 30.3 Å². The fourth-order valence-electron chi connectivity index (χ4n) is 3.15. The molecule has 1 aromatic rings. The van der Waals surface area contributed by atoms with Crippen molar-refractivity contribution in [3.63, 3.8) is 0 Å². The average Bonchev–Trinajstić information content (AvgIpc) is 2.40. The highest BCUT2D eigenvalue weighted by atomic mass is 16.5. The molecular weight excluding hydrogens is 210 g/mol. The van der Waals surface area contributed by atoms with Crippen LogP contribution in [0.2, 0.25) is 0 Å². The molecule has 2 saturated heterocycles. The second-order valence-corrected chi connectivity index (χ2v) is 5.32. The largest absolute Gasteiger partial charge is 0.378 e. The van der Waals surface area contributed by atoms with Crippen molar-refractivity contribution < 1.29 is 4.74 Å². The van der Waals surface area contributed by atoms with Gasteiger partial charge < -0.3 is 4.74 Å². The predicted octanol–water partition coefficient (Wildman–Crippen LogP) is 2.69. The average molecular weight is 231 g/mol. The van der Waals surface area contributed by atoms with Gasteiger partial charge in [0.2, 0.25) is 0 Å². The molecule has 2 aliphatic heterocycles. The Morgan fingerprint density at radius 3 is 2.94 bits per heavy atom. The van der Waals surface area contributed by atoms with Gasteiger partial charge in [0.25, 0.3) is 0 Å². The second kappa shape index (κ2) is 5.19. The monoisotopic (exact) mass is 231 g/mol. The highest BCUT2D eigenvalue weighted by Gasteiger charge is 2.31. The van der Waals surface area contributed by atoms with Gasteiger partial charge in [-0.2, -0.15) is 0 Å². The molecule has 2 fully saturated rings. The van der Waals surface area contributed by atoms with E-state index >= 15 is 0 Å². The van der Waals surface area contributed by atoms with E-state index < -0.39 is 0 Å². The summed E-state index contributed by atoms with van der Waals surface area (Å²) >= 11 is 0. The molecule has 2 atom stereocenters. The minimum absolute atomic E-state index is 0.552. The van der Waals surface area contributed by atoms with Crippen LogP contribution < -0.4 is 0 Å². The Balaban J connectivity index is 1.59. The van der Waals surface area contributed by atoms with Gasteiger partial charge in [0.05, 0.1) is 6.10 Å². The predicted molar refractivity (Wildman–Crippen MR) is 68.8 cm³/mol. The molecule has 1 aromatic carbocycles. The van der Waals surface area contributed by atoms with Crippen LogP contribution in [0.1, 0.15) is 24.8 Å². The number of nitrogens with zero attached hydrogens (tertiary/aromatic N) is 1. The Bertz CT molecular complexity index is 351. The Labute approximate surface area is 104 Å². The van der Waals surface area contributed by atoms with E-state index in [0.29, 0.717) is 6.10 Å². The van der Waals surface area contributed by atoms with Crippen LogP contribution in [-0.2, 0) is 11.3 Å². The molecule has 0 amide bonds. The van der Waals surface area contributed by atoms with E-state index in [9.17, 15) is 0 Å². The third-order valence-electron chi connectivity index (χ3n) is 4.05. The Morgan fingerprint density at radius 2 is 2.06 bits per heavy atom. The van der Waals surface area contributed by atoms with E-state index in [1.165, 1.54) is 37.9 Å². The smallest absolute Gasteiger partial charge is 0.0627 e. The van der Waals surface area contributed by atoms with E-state index in [4.69, 9.17) is 4.74 Å².